The fraction of sp³-hybridized carbons (Fsp3) is 0.263. The molecule has 1 unspecified atom stereocenters. The summed E-state index contributed by atoms with van der Waals surface area (Å²) in [5, 5.41) is 11.7. The minimum Gasteiger partial charge on any atom is -0.549 e. The minimum absolute atomic E-state index is 0.0368. The second-order valence-corrected chi connectivity index (χ2v) is 6.20. The van der Waals surface area contributed by atoms with Gasteiger partial charge in [0.25, 0.3) is 0 Å². The summed E-state index contributed by atoms with van der Waals surface area (Å²) in [6.07, 6.45) is 0. The van der Waals surface area contributed by atoms with Crippen molar-refractivity contribution in [2.24, 2.45) is 0 Å². The molecule has 0 aliphatic carbocycles. The van der Waals surface area contributed by atoms with Crippen molar-refractivity contribution in [3.8, 4) is 0 Å². The van der Waals surface area contributed by atoms with Gasteiger partial charge in [-0.3, -0.25) is 4.79 Å². The molecule has 1 atom stereocenters. The zero-order chi connectivity index (χ0) is 19.2. The van der Waals surface area contributed by atoms with E-state index in [-0.39, 0.29) is 27.8 Å². The molecule has 2 aromatic heterocycles. The van der Waals surface area contributed by atoms with E-state index in [1.165, 1.54) is 13.0 Å². The van der Waals surface area contributed by atoms with Crippen LogP contribution in [-0.4, -0.2) is 24.0 Å². The van der Waals surface area contributed by atoms with Gasteiger partial charge in [-0.2, -0.15) is 0 Å². The van der Waals surface area contributed by atoms with Crippen LogP contribution >= 0.6 is 0 Å². The number of rotatable bonds is 3. The summed E-state index contributed by atoms with van der Waals surface area (Å²) in [6, 6.07) is 4.83. The second-order valence-electron chi connectivity index (χ2n) is 6.20. The third-order valence-electron chi connectivity index (χ3n) is 4.29. The van der Waals surface area contributed by atoms with Crippen LogP contribution in [0, 0.1) is 13.8 Å². The molecule has 0 radical (unpaired) electrons. The molecule has 1 aromatic carbocycles. The monoisotopic (exact) mass is 354 g/mol. The number of aryl methyl sites for hydroxylation is 2. The molecule has 7 nitrogen and oxygen atoms in total. The number of benzene rings is 1. The summed E-state index contributed by atoms with van der Waals surface area (Å²) < 4.78 is 10.5. The first kappa shape index (κ1) is 17.6. The molecule has 0 saturated heterocycles. The molecule has 0 bridgehead atoms. The van der Waals surface area contributed by atoms with E-state index in [0.29, 0.717) is 11.0 Å². The number of aromatic nitrogens is 1. The van der Waals surface area contributed by atoms with Gasteiger partial charge in [0.05, 0.1) is 35.1 Å². The molecule has 0 aliphatic heterocycles. The highest BCUT2D eigenvalue weighted by Crippen LogP contribution is 2.26. The zero-order valence-electron chi connectivity index (χ0n) is 14.7. The third kappa shape index (κ3) is 2.71. The van der Waals surface area contributed by atoms with Crippen LogP contribution in [0.25, 0.3) is 22.1 Å². The predicted octanol–water partition coefficient (Wildman–Crippen LogP) is 1.60. The SMILES string of the molecule is COC(=O)c1cc2c(=O)c3cc(C)cc(C)c3oc2nc1C(C)C(=O)[O-]. The van der Waals surface area contributed by atoms with Crippen LogP contribution in [0.3, 0.4) is 0 Å². The number of fused-ring (bicyclic) bond motifs is 2. The van der Waals surface area contributed by atoms with E-state index in [2.05, 4.69) is 4.98 Å². The lowest BCUT2D eigenvalue weighted by atomic mass is 10.00. The maximum Gasteiger partial charge on any atom is 0.339 e. The van der Waals surface area contributed by atoms with Crippen molar-refractivity contribution in [1.82, 2.24) is 4.98 Å². The Morgan fingerprint density at radius 3 is 2.50 bits per heavy atom. The van der Waals surface area contributed by atoms with Crippen LogP contribution in [0.5, 0.6) is 0 Å². The Balaban J connectivity index is 2.47. The van der Waals surface area contributed by atoms with Crippen molar-refractivity contribution in [2.75, 3.05) is 7.11 Å². The number of pyridine rings is 1. The van der Waals surface area contributed by atoms with Crippen molar-refractivity contribution < 1.29 is 23.8 Å². The fourth-order valence-corrected chi connectivity index (χ4v) is 2.97. The number of carboxylic acids is 1. The van der Waals surface area contributed by atoms with Gasteiger partial charge in [0, 0.05) is 5.92 Å². The maximum absolute atomic E-state index is 12.9. The van der Waals surface area contributed by atoms with Crippen molar-refractivity contribution in [3.05, 3.63) is 50.8 Å². The van der Waals surface area contributed by atoms with Crippen LogP contribution in [0.1, 0.15) is 40.0 Å². The maximum atomic E-state index is 12.9. The number of hydrogen-bond acceptors (Lipinski definition) is 7. The number of carbonyl (C=O) groups is 2. The first-order chi connectivity index (χ1) is 12.2. The van der Waals surface area contributed by atoms with E-state index in [1.54, 1.807) is 13.0 Å². The van der Waals surface area contributed by atoms with Crippen LogP contribution in [0.2, 0.25) is 0 Å². The lowest BCUT2D eigenvalue weighted by Gasteiger charge is -2.16. The summed E-state index contributed by atoms with van der Waals surface area (Å²) in [7, 11) is 1.16. The lowest BCUT2D eigenvalue weighted by molar-refractivity contribution is -0.307. The highest BCUT2D eigenvalue weighted by Gasteiger charge is 2.23. The van der Waals surface area contributed by atoms with Gasteiger partial charge in [-0.25, -0.2) is 9.78 Å². The Labute approximate surface area is 148 Å². The quantitative estimate of drug-likeness (QED) is 0.519. The van der Waals surface area contributed by atoms with Gasteiger partial charge in [0.2, 0.25) is 11.1 Å². The number of esters is 1. The Kier molecular flexibility index (Phi) is 4.23. The molecule has 134 valence electrons. The normalized spacial score (nSPS) is 12.3. The van der Waals surface area contributed by atoms with Crippen molar-refractivity contribution in [2.45, 2.75) is 26.7 Å². The molecule has 0 amide bonds. The molecule has 7 heteroatoms. The highest BCUT2D eigenvalue weighted by atomic mass is 16.5. The van der Waals surface area contributed by atoms with Crippen LogP contribution < -0.4 is 10.5 Å². The molecule has 0 saturated carbocycles. The van der Waals surface area contributed by atoms with Gasteiger partial charge in [-0.1, -0.05) is 13.0 Å². The Hall–Kier alpha value is -3.22. The van der Waals surface area contributed by atoms with Gasteiger partial charge >= 0.3 is 5.97 Å². The molecule has 0 N–H and O–H groups in total. The van der Waals surface area contributed by atoms with Gasteiger partial charge in [-0.15, -0.1) is 0 Å². The van der Waals surface area contributed by atoms with Gasteiger partial charge in [0.1, 0.15) is 5.58 Å². The van der Waals surface area contributed by atoms with E-state index < -0.39 is 17.9 Å². The van der Waals surface area contributed by atoms with E-state index in [1.807, 2.05) is 13.0 Å². The van der Waals surface area contributed by atoms with Gasteiger partial charge in [-0.05, 0) is 37.1 Å². The molecule has 26 heavy (non-hydrogen) atoms. The smallest absolute Gasteiger partial charge is 0.339 e. The molecule has 0 fully saturated rings. The van der Waals surface area contributed by atoms with E-state index in [4.69, 9.17) is 9.15 Å². The lowest BCUT2D eigenvalue weighted by Crippen LogP contribution is -2.30. The summed E-state index contributed by atoms with van der Waals surface area (Å²) >= 11 is 0. The van der Waals surface area contributed by atoms with Crippen molar-refractivity contribution in [3.63, 3.8) is 0 Å². The third-order valence-corrected chi connectivity index (χ3v) is 4.29. The Morgan fingerprint density at radius 2 is 1.88 bits per heavy atom. The van der Waals surface area contributed by atoms with Crippen LogP contribution in [0.15, 0.2) is 27.4 Å². The fourth-order valence-electron chi connectivity index (χ4n) is 2.97. The first-order valence-corrected chi connectivity index (χ1v) is 7.92. The van der Waals surface area contributed by atoms with E-state index >= 15 is 0 Å². The Bertz CT molecular complexity index is 1130. The summed E-state index contributed by atoms with van der Waals surface area (Å²) in [5.74, 6) is -3.38. The molecule has 2 heterocycles. The summed E-state index contributed by atoms with van der Waals surface area (Å²) in [6.45, 7) is 5.00. The van der Waals surface area contributed by atoms with Gasteiger partial charge in [0.15, 0.2) is 0 Å². The molecule has 3 aromatic rings. The zero-order valence-corrected chi connectivity index (χ0v) is 14.7. The second kappa shape index (κ2) is 6.25. The molecule has 0 spiro atoms. The molecule has 3 rings (SSSR count). The van der Waals surface area contributed by atoms with Crippen LogP contribution in [-0.2, 0) is 9.53 Å². The largest absolute Gasteiger partial charge is 0.549 e. The minimum atomic E-state index is -1.41. The number of hydrogen-bond donors (Lipinski definition) is 0. The number of methoxy groups -OCH3 is 1. The van der Waals surface area contributed by atoms with Crippen LogP contribution in [0.4, 0.5) is 0 Å². The van der Waals surface area contributed by atoms with Crippen molar-refractivity contribution in [1.29, 1.82) is 0 Å². The average Bonchev–Trinajstić information content (AvgIpc) is 2.60. The number of aliphatic carboxylic acids is 1. The highest BCUT2D eigenvalue weighted by molar-refractivity contribution is 5.98. The molecular formula is C19H16NO6-. The predicted molar refractivity (Wildman–Crippen MR) is 92.0 cm³/mol. The Morgan fingerprint density at radius 1 is 1.19 bits per heavy atom. The number of nitrogens with zero attached hydrogens (tertiary/aromatic N) is 1. The topological polar surface area (TPSA) is 110 Å². The summed E-state index contributed by atoms with van der Waals surface area (Å²) in [4.78, 5) is 40.4. The summed E-state index contributed by atoms with van der Waals surface area (Å²) in [5.41, 5.74) is 1.46. The number of carbonyl (C=O) groups excluding carboxylic acids is 2. The molecule has 0 aliphatic rings. The first-order valence-electron chi connectivity index (χ1n) is 7.92. The van der Waals surface area contributed by atoms with E-state index in [9.17, 15) is 19.5 Å². The standard InChI is InChI=1S/C19H17NO6/c1-8-5-9(2)16-12(6-8)15(21)13-7-11(19(24)25-4)14(10(3)18(22)23)20-17(13)26-16/h5-7,10H,1-4H3,(H,22,23)/p-1. The van der Waals surface area contributed by atoms with Crippen molar-refractivity contribution >= 4 is 34.0 Å². The van der Waals surface area contributed by atoms with Gasteiger partial charge < -0.3 is 19.1 Å². The van der Waals surface area contributed by atoms with E-state index in [0.717, 1.165) is 18.2 Å². The average molecular weight is 354 g/mol. The number of ether oxygens (including phenoxy) is 1. The molecular weight excluding hydrogens is 338 g/mol. The number of carboxylic acid groups (broad SMARTS) is 1.